The van der Waals surface area contributed by atoms with Crippen LogP contribution in [0.4, 0.5) is 0 Å². The van der Waals surface area contributed by atoms with Crippen molar-refractivity contribution in [1.82, 2.24) is 4.90 Å². The molecular weight excluding hydrogens is 160 g/mol. The fourth-order valence-corrected chi connectivity index (χ4v) is 1.69. The minimum atomic E-state index is 0.311. The van der Waals surface area contributed by atoms with Crippen LogP contribution < -0.4 is 5.73 Å². The summed E-state index contributed by atoms with van der Waals surface area (Å²) >= 11 is 0. The summed E-state index contributed by atoms with van der Waals surface area (Å²) in [5.74, 6) is 0. The van der Waals surface area contributed by atoms with Crippen LogP contribution in [0.5, 0.6) is 0 Å². The molecule has 76 valence electrons. The van der Waals surface area contributed by atoms with Crippen LogP contribution in [-0.2, 0) is 0 Å². The number of rotatable bonds is 4. The van der Waals surface area contributed by atoms with E-state index in [1.807, 2.05) is 0 Å². The second-order valence-corrected chi connectivity index (χ2v) is 4.36. The molecular formula is C11H22N2. The van der Waals surface area contributed by atoms with Gasteiger partial charge in [0, 0.05) is 19.6 Å². The van der Waals surface area contributed by atoms with Crippen molar-refractivity contribution in [1.29, 1.82) is 0 Å². The van der Waals surface area contributed by atoms with Crippen molar-refractivity contribution in [3.63, 3.8) is 0 Å². The average Bonchev–Trinajstić information content (AvgIpc) is 2.19. The maximum Gasteiger partial charge on any atom is 0.0163 e. The molecule has 1 heterocycles. The van der Waals surface area contributed by atoms with E-state index >= 15 is 0 Å². The van der Waals surface area contributed by atoms with Crippen molar-refractivity contribution < 1.29 is 0 Å². The molecule has 0 spiro atoms. The molecule has 2 heteroatoms. The average molecular weight is 182 g/mol. The van der Waals surface area contributed by atoms with Gasteiger partial charge in [-0.15, -0.1) is 0 Å². The van der Waals surface area contributed by atoms with Crippen molar-refractivity contribution in [2.75, 3.05) is 26.2 Å². The van der Waals surface area contributed by atoms with Crippen LogP contribution in [0.1, 0.15) is 26.7 Å². The Morgan fingerprint density at radius 1 is 1.46 bits per heavy atom. The third-order valence-corrected chi connectivity index (χ3v) is 3.09. The van der Waals surface area contributed by atoms with Crippen molar-refractivity contribution in [2.45, 2.75) is 26.7 Å². The Kier molecular flexibility index (Phi) is 3.94. The summed E-state index contributed by atoms with van der Waals surface area (Å²) in [4.78, 5) is 2.50. The summed E-state index contributed by atoms with van der Waals surface area (Å²) < 4.78 is 0. The molecule has 0 saturated heterocycles. The minimum absolute atomic E-state index is 0.311. The molecule has 1 unspecified atom stereocenters. The first-order valence-electron chi connectivity index (χ1n) is 5.27. The molecule has 0 bridgehead atoms. The Hall–Kier alpha value is -0.340. The smallest absolute Gasteiger partial charge is 0.0163 e. The molecule has 2 nitrogen and oxygen atoms in total. The Morgan fingerprint density at radius 2 is 2.23 bits per heavy atom. The summed E-state index contributed by atoms with van der Waals surface area (Å²) in [6.45, 7) is 8.76. The number of hydrogen-bond acceptors (Lipinski definition) is 2. The molecule has 0 fully saturated rings. The molecule has 0 aromatic heterocycles. The van der Waals surface area contributed by atoms with Crippen LogP contribution in [0.3, 0.4) is 0 Å². The van der Waals surface area contributed by atoms with Crippen LogP contribution in [0.15, 0.2) is 12.2 Å². The van der Waals surface area contributed by atoms with E-state index in [9.17, 15) is 0 Å². The lowest BCUT2D eigenvalue weighted by atomic mass is 9.87. The van der Waals surface area contributed by atoms with Gasteiger partial charge in [-0.05, 0) is 24.8 Å². The van der Waals surface area contributed by atoms with Crippen molar-refractivity contribution in [3.05, 3.63) is 12.2 Å². The monoisotopic (exact) mass is 182 g/mol. The zero-order valence-corrected chi connectivity index (χ0v) is 8.92. The maximum atomic E-state index is 5.79. The molecule has 1 aliphatic rings. The lowest BCUT2D eigenvalue weighted by Gasteiger charge is -2.34. The van der Waals surface area contributed by atoms with Gasteiger partial charge in [0.2, 0.25) is 0 Å². The topological polar surface area (TPSA) is 29.3 Å². The molecule has 0 aliphatic carbocycles. The Balaban J connectivity index is 2.41. The summed E-state index contributed by atoms with van der Waals surface area (Å²) in [5, 5.41) is 0. The third-order valence-electron chi connectivity index (χ3n) is 3.09. The highest BCUT2D eigenvalue weighted by Gasteiger charge is 2.23. The highest BCUT2D eigenvalue weighted by atomic mass is 15.1. The standard InChI is InChI=1S/C11H22N2/c1-3-11(2,9-12)10-13-7-5-4-6-8-13/h4-5H,3,6-10,12H2,1-2H3. The van der Waals surface area contributed by atoms with Gasteiger partial charge in [0.05, 0.1) is 0 Å². The zero-order valence-electron chi connectivity index (χ0n) is 8.92. The summed E-state index contributed by atoms with van der Waals surface area (Å²) in [7, 11) is 0. The number of hydrogen-bond donors (Lipinski definition) is 1. The maximum absolute atomic E-state index is 5.79. The second-order valence-electron chi connectivity index (χ2n) is 4.36. The molecule has 1 atom stereocenters. The van der Waals surface area contributed by atoms with Crippen molar-refractivity contribution in [3.8, 4) is 0 Å². The number of nitrogens with two attached hydrogens (primary N) is 1. The molecule has 0 aromatic rings. The normalized spacial score (nSPS) is 23.0. The van der Waals surface area contributed by atoms with Crippen molar-refractivity contribution in [2.24, 2.45) is 11.1 Å². The zero-order chi connectivity index (χ0) is 9.73. The van der Waals surface area contributed by atoms with E-state index < -0.39 is 0 Å². The van der Waals surface area contributed by atoms with Crippen LogP contribution in [-0.4, -0.2) is 31.1 Å². The van der Waals surface area contributed by atoms with Gasteiger partial charge >= 0.3 is 0 Å². The Labute approximate surface area is 81.8 Å². The first-order chi connectivity index (χ1) is 6.20. The fourth-order valence-electron chi connectivity index (χ4n) is 1.69. The quantitative estimate of drug-likeness (QED) is 0.669. The lowest BCUT2D eigenvalue weighted by molar-refractivity contribution is 0.175. The predicted octanol–water partition coefficient (Wildman–Crippen LogP) is 1.62. The van der Waals surface area contributed by atoms with Gasteiger partial charge in [-0.2, -0.15) is 0 Å². The molecule has 2 N–H and O–H groups in total. The summed E-state index contributed by atoms with van der Waals surface area (Å²) in [6, 6.07) is 0. The molecule has 0 aromatic carbocycles. The van der Waals surface area contributed by atoms with Gasteiger partial charge in [0.15, 0.2) is 0 Å². The first kappa shape index (κ1) is 10.7. The van der Waals surface area contributed by atoms with Crippen LogP contribution in [0, 0.1) is 5.41 Å². The molecule has 13 heavy (non-hydrogen) atoms. The predicted molar refractivity (Wildman–Crippen MR) is 57.6 cm³/mol. The molecule has 0 amide bonds. The molecule has 1 aliphatic heterocycles. The van der Waals surface area contributed by atoms with Gasteiger partial charge in [0.1, 0.15) is 0 Å². The largest absolute Gasteiger partial charge is 0.330 e. The van der Waals surface area contributed by atoms with Gasteiger partial charge in [-0.1, -0.05) is 26.0 Å². The lowest BCUT2D eigenvalue weighted by Crippen LogP contribution is -2.41. The molecule has 1 rings (SSSR count). The van der Waals surface area contributed by atoms with E-state index in [4.69, 9.17) is 5.73 Å². The van der Waals surface area contributed by atoms with E-state index in [2.05, 4.69) is 30.9 Å². The first-order valence-corrected chi connectivity index (χ1v) is 5.27. The van der Waals surface area contributed by atoms with E-state index in [1.165, 1.54) is 19.4 Å². The van der Waals surface area contributed by atoms with Crippen LogP contribution in [0.2, 0.25) is 0 Å². The third kappa shape index (κ3) is 3.12. The van der Waals surface area contributed by atoms with E-state index in [1.54, 1.807) is 0 Å². The summed E-state index contributed by atoms with van der Waals surface area (Å²) in [5.41, 5.74) is 6.10. The Bertz CT molecular complexity index is 171. The highest BCUT2D eigenvalue weighted by Crippen LogP contribution is 2.21. The van der Waals surface area contributed by atoms with Gasteiger partial charge < -0.3 is 5.73 Å². The van der Waals surface area contributed by atoms with Crippen LogP contribution in [0.25, 0.3) is 0 Å². The van der Waals surface area contributed by atoms with Crippen molar-refractivity contribution >= 4 is 0 Å². The minimum Gasteiger partial charge on any atom is -0.330 e. The van der Waals surface area contributed by atoms with Crippen LogP contribution >= 0.6 is 0 Å². The highest BCUT2D eigenvalue weighted by molar-refractivity contribution is 4.92. The second kappa shape index (κ2) is 4.77. The Morgan fingerprint density at radius 3 is 2.69 bits per heavy atom. The van der Waals surface area contributed by atoms with E-state index in [-0.39, 0.29) is 0 Å². The SMILES string of the molecule is CCC(C)(CN)CN1CC=CCC1. The van der Waals surface area contributed by atoms with Gasteiger partial charge in [-0.3, -0.25) is 4.90 Å². The van der Waals surface area contributed by atoms with Gasteiger partial charge in [-0.25, -0.2) is 0 Å². The van der Waals surface area contributed by atoms with Gasteiger partial charge in [0.25, 0.3) is 0 Å². The van der Waals surface area contributed by atoms with E-state index in [0.717, 1.165) is 19.6 Å². The summed E-state index contributed by atoms with van der Waals surface area (Å²) in [6.07, 6.45) is 6.90. The van der Waals surface area contributed by atoms with E-state index in [0.29, 0.717) is 5.41 Å². The molecule has 0 saturated carbocycles. The number of nitrogens with zero attached hydrogens (tertiary/aromatic N) is 1. The fraction of sp³-hybridized carbons (Fsp3) is 0.818. The molecule has 0 radical (unpaired) electrons.